The van der Waals surface area contributed by atoms with Crippen molar-refractivity contribution in [3.05, 3.63) is 62.9 Å². The van der Waals surface area contributed by atoms with Crippen molar-refractivity contribution in [3.8, 4) is 0 Å². The Labute approximate surface area is 165 Å². The lowest BCUT2D eigenvalue weighted by atomic mass is 10.0. The molecule has 0 saturated carbocycles. The molecule has 2 aromatic heterocycles. The van der Waals surface area contributed by atoms with Crippen LogP contribution in [0.3, 0.4) is 0 Å². The number of benzene rings is 1. The first-order valence-corrected chi connectivity index (χ1v) is 9.39. The summed E-state index contributed by atoms with van der Waals surface area (Å²) in [5.41, 5.74) is 11.1. The quantitative estimate of drug-likeness (QED) is 0.691. The highest BCUT2D eigenvalue weighted by atomic mass is 79.9. The monoisotopic (exact) mass is 426 g/mol. The van der Waals surface area contributed by atoms with Crippen LogP contribution in [0.1, 0.15) is 32.9 Å². The maximum Gasteiger partial charge on any atom is 0.253 e. The molecule has 1 aliphatic heterocycles. The van der Waals surface area contributed by atoms with Gasteiger partial charge in [-0.2, -0.15) is 0 Å². The fourth-order valence-electron chi connectivity index (χ4n) is 3.32. The fourth-order valence-corrected chi connectivity index (χ4v) is 3.54. The van der Waals surface area contributed by atoms with Gasteiger partial charge in [-0.15, -0.1) is 0 Å². The minimum Gasteiger partial charge on any atom is -0.383 e. The van der Waals surface area contributed by atoms with Gasteiger partial charge in [0.2, 0.25) is 0 Å². The first-order chi connectivity index (χ1) is 12.9. The molecule has 4 rings (SSSR count). The fraction of sp³-hybridized carbons (Fsp3) is 0.250. The third-order valence-corrected chi connectivity index (χ3v) is 5.64. The molecule has 0 atom stereocenters. The van der Waals surface area contributed by atoms with Gasteiger partial charge in [0, 0.05) is 28.0 Å². The maximum atomic E-state index is 12.9. The molecule has 3 heterocycles. The van der Waals surface area contributed by atoms with E-state index in [1.165, 1.54) is 0 Å². The third kappa shape index (κ3) is 3.28. The zero-order chi connectivity index (χ0) is 19.1. The Hall–Kier alpha value is -2.51. The third-order valence-electron chi connectivity index (χ3n) is 4.80. The highest BCUT2D eigenvalue weighted by Gasteiger charge is 2.21. The van der Waals surface area contributed by atoms with Gasteiger partial charge in [-0.3, -0.25) is 9.78 Å². The van der Waals surface area contributed by atoms with Gasteiger partial charge >= 0.3 is 0 Å². The van der Waals surface area contributed by atoms with E-state index in [2.05, 4.69) is 25.9 Å². The highest BCUT2D eigenvalue weighted by Crippen LogP contribution is 2.31. The first kappa shape index (κ1) is 17.9. The van der Waals surface area contributed by atoms with Crippen molar-refractivity contribution < 1.29 is 9.53 Å². The molecule has 0 bridgehead atoms. The average Bonchev–Trinajstić information content (AvgIpc) is 3.15. The standard InChI is InChI=1S/C20H19BrN4O2/c1-11-17(21)5-4-13(23-11)8-25(2)20(26)12-3-6-18-14(7-12)15-9-27-10-16(15)19(22)24-18/h3-7H,8-10H2,1-2H3,(H2,22,24). The van der Waals surface area contributed by atoms with Crippen LogP contribution in [0.25, 0.3) is 10.9 Å². The summed E-state index contributed by atoms with van der Waals surface area (Å²) in [5, 5.41) is 0.925. The lowest BCUT2D eigenvalue weighted by molar-refractivity contribution is 0.0783. The second-order valence-electron chi connectivity index (χ2n) is 6.71. The van der Waals surface area contributed by atoms with Gasteiger partial charge in [-0.05, 0) is 58.7 Å². The van der Waals surface area contributed by atoms with Crippen molar-refractivity contribution in [1.29, 1.82) is 0 Å². The summed E-state index contributed by atoms with van der Waals surface area (Å²) in [6, 6.07) is 9.38. The van der Waals surface area contributed by atoms with E-state index in [4.69, 9.17) is 10.5 Å². The van der Waals surface area contributed by atoms with Crippen LogP contribution in [0.15, 0.2) is 34.8 Å². The van der Waals surface area contributed by atoms with Crippen LogP contribution in [-0.2, 0) is 24.5 Å². The molecule has 0 spiro atoms. The largest absolute Gasteiger partial charge is 0.383 e. The zero-order valence-corrected chi connectivity index (χ0v) is 16.7. The number of anilines is 1. The van der Waals surface area contributed by atoms with Crippen LogP contribution in [0.2, 0.25) is 0 Å². The number of hydrogen-bond donors (Lipinski definition) is 1. The molecule has 1 aliphatic rings. The molecule has 3 aromatic rings. The summed E-state index contributed by atoms with van der Waals surface area (Å²) < 4.78 is 6.48. The van der Waals surface area contributed by atoms with Gasteiger partial charge in [0.1, 0.15) is 5.82 Å². The van der Waals surface area contributed by atoms with Crippen LogP contribution < -0.4 is 5.73 Å². The van der Waals surface area contributed by atoms with Crippen molar-refractivity contribution in [2.75, 3.05) is 12.8 Å². The summed E-state index contributed by atoms with van der Waals surface area (Å²) in [6.45, 7) is 3.33. The molecule has 0 unspecified atom stereocenters. The number of halogens is 1. The van der Waals surface area contributed by atoms with E-state index in [1.54, 1.807) is 18.0 Å². The van der Waals surface area contributed by atoms with E-state index in [9.17, 15) is 4.79 Å². The van der Waals surface area contributed by atoms with Crippen molar-refractivity contribution in [3.63, 3.8) is 0 Å². The van der Waals surface area contributed by atoms with Gasteiger partial charge in [0.05, 0.1) is 36.7 Å². The summed E-state index contributed by atoms with van der Waals surface area (Å²) in [5.74, 6) is 0.437. The molecule has 6 nitrogen and oxygen atoms in total. The molecule has 1 aromatic carbocycles. The Morgan fingerprint density at radius 1 is 1.22 bits per heavy atom. The molecular weight excluding hydrogens is 408 g/mol. The van der Waals surface area contributed by atoms with E-state index >= 15 is 0 Å². The van der Waals surface area contributed by atoms with Gasteiger partial charge in [0.25, 0.3) is 5.91 Å². The van der Waals surface area contributed by atoms with Crippen molar-refractivity contribution in [2.45, 2.75) is 26.7 Å². The number of fused-ring (bicyclic) bond motifs is 3. The Morgan fingerprint density at radius 3 is 2.78 bits per heavy atom. The molecule has 0 radical (unpaired) electrons. The predicted octanol–water partition coefficient (Wildman–Crippen LogP) is 3.59. The predicted molar refractivity (Wildman–Crippen MR) is 107 cm³/mol. The summed E-state index contributed by atoms with van der Waals surface area (Å²) in [7, 11) is 1.78. The molecule has 1 amide bonds. The number of pyridine rings is 2. The minimum absolute atomic E-state index is 0.0660. The summed E-state index contributed by atoms with van der Waals surface area (Å²) in [4.78, 5) is 23.5. The normalized spacial score (nSPS) is 13.0. The highest BCUT2D eigenvalue weighted by molar-refractivity contribution is 9.10. The smallest absolute Gasteiger partial charge is 0.253 e. The second-order valence-corrected chi connectivity index (χ2v) is 7.56. The number of hydrogen-bond acceptors (Lipinski definition) is 5. The number of carbonyl (C=O) groups excluding carboxylic acids is 1. The van der Waals surface area contributed by atoms with Crippen LogP contribution in [0.5, 0.6) is 0 Å². The van der Waals surface area contributed by atoms with E-state index in [0.717, 1.165) is 37.9 Å². The molecule has 2 N–H and O–H groups in total. The molecule has 138 valence electrons. The van der Waals surface area contributed by atoms with E-state index in [1.807, 2.05) is 31.2 Å². The number of rotatable bonds is 3. The topological polar surface area (TPSA) is 81.3 Å². The van der Waals surface area contributed by atoms with E-state index in [0.29, 0.717) is 31.1 Å². The average molecular weight is 427 g/mol. The van der Waals surface area contributed by atoms with Crippen molar-refractivity contribution in [2.24, 2.45) is 0 Å². The molecule has 0 aliphatic carbocycles. The Bertz CT molecular complexity index is 1070. The summed E-state index contributed by atoms with van der Waals surface area (Å²) in [6.07, 6.45) is 0. The van der Waals surface area contributed by atoms with Crippen LogP contribution in [0, 0.1) is 6.92 Å². The Balaban J connectivity index is 1.64. The number of nitrogens with zero attached hydrogens (tertiary/aromatic N) is 3. The lowest BCUT2D eigenvalue weighted by Gasteiger charge is -2.18. The molecule has 0 saturated heterocycles. The number of amides is 1. The van der Waals surface area contributed by atoms with Crippen LogP contribution in [-0.4, -0.2) is 27.8 Å². The zero-order valence-electron chi connectivity index (χ0n) is 15.1. The van der Waals surface area contributed by atoms with Crippen molar-refractivity contribution in [1.82, 2.24) is 14.9 Å². The SMILES string of the molecule is Cc1nc(CN(C)C(=O)c2ccc3nc(N)c4c(c3c2)COC4)ccc1Br. The Kier molecular flexibility index (Phi) is 4.57. The maximum absolute atomic E-state index is 12.9. The molecule has 7 heteroatoms. The van der Waals surface area contributed by atoms with Gasteiger partial charge < -0.3 is 15.4 Å². The first-order valence-electron chi connectivity index (χ1n) is 8.60. The number of ether oxygens (including phenoxy) is 1. The second kappa shape index (κ2) is 6.90. The molecule has 0 fully saturated rings. The van der Waals surface area contributed by atoms with Crippen LogP contribution in [0.4, 0.5) is 5.82 Å². The minimum atomic E-state index is -0.0660. The van der Waals surface area contributed by atoms with E-state index in [-0.39, 0.29) is 5.91 Å². The van der Waals surface area contributed by atoms with E-state index < -0.39 is 0 Å². The number of nitrogen functional groups attached to an aromatic ring is 1. The summed E-state index contributed by atoms with van der Waals surface area (Å²) >= 11 is 3.45. The van der Waals surface area contributed by atoms with Gasteiger partial charge in [0.15, 0.2) is 0 Å². The molecular formula is C20H19BrN4O2. The van der Waals surface area contributed by atoms with Gasteiger partial charge in [-0.25, -0.2) is 4.98 Å². The Morgan fingerprint density at radius 2 is 2.00 bits per heavy atom. The van der Waals surface area contributed by atoms with Gasteiger partial charge in [-0.1, -0.05) is 0 Å². The molecule has 27 heavy (non-hydrogen) atoms. The van der Waals surface area contributed by atoms with Crippen molar-refractivity contribution >= 4 is 38.6 Å². The number of carbonyl (C=O) groups is 1. The van der Waals surface area contributed by atoms with Crippen LogP contribution >= 0.6 is 15.9 Å². The number of nitrogens with two attached hydrogens (primary N) is 1. The lowest BCUT2D eigenvalue weighted by Crippen LogP contribution is -2.26. The number of aryl methyl sites for hydroxylation is 1. The number of aromatic nitrogens is 2.